The number of rotatable bonds is 10. The maximum absolute atomic E-state index is 13.4. The number of nitrogens with zero attached hydrogens (tertiary/aromatic N) is 4. The molecule has 1 aromatic carbocycles. The molecule has 39 heavy (non-hydrogen) atoms. The second kappa shape index (κ2) is 11.5. The van der Waals surface area contributed by atoms with E-state index in [0.717, 1.165) is 30.6 Å². The summed E-state index contributed by atoms with van der Waals surface area (Å²) < 4.78 is 47.5. The maximum atomic E-state index is 13.4. The van der Waals surface area contributed by atoms with E-state index >= 15 is 0 Å². The molecule has 13 heteroatoms. The normalized spacial score (nSPS) is 13.7. The first kappa shape index (κ1) is 26.7. The third-order valence-electron chi connectivity index (χ3n) is 6.23. The molecule has 0 saturated heterocycles. The van der Waals surface area contributed by atoms with E-state index < -0.39 is 10.0 Å². The van der Waals surface area contributed by atoms with Crippen LogP contribution in [0.2, 0.25) is 5.02 Å². The summed E-state index contributed by atoms with van der Waals surface area (Å²) in [6, 6.07) is 10.4. The maximum Gasteiger partial charge on any atom is 0.243 e. The van der Waals surface area contributed by atoms with Gasteiger partial charge in [-0.05, 0) is 48.9 Å². The van der Waals surface area contributed by atoms with Crippen molar-refractivity contribution < 1.29 is 22.3 Å². The van der Waals surface area contributed by atoms with Crippen molar-refractivity contribution in [3.8, 4) is 28.8 Å². The number of pyridine rings is 1. The molecule has 5 rings (SSSR count). The second-order valence-corrected chi connectivity index (χ2v) is 11.0. The van der Waals surface area contributed by atoms with Gasteiger partial charge in [0.2, 0.25) is 21.8 Å². The highest BCUT2D eigenvalue weighted by Gasteiger charge is 2.26. The van der Waals surface area contributed by atoms with Crippen molar-refractivity contribution >= 4 is 33.1 Å². The van der Waals surface area contributed by atoms with Crippen LogP contribution in [0.4, 0.5) is 5.95 Å². The number of para-hydroxylation sites is 1. The number of ether oxygens (including phenoxy) is 2. The molecule has 0 bridgehead atoms. The van der Waals surface area contributed by atoms with Crippen LogP contribution in [0.5, 0.6) is 11.5 Å². The predicted molar refractivity (Wildman–Crippen MR) is 148 cm³/mol. The van der Waals surface area contributed by atoms with Crippen LogP contribution in [0.15, 0.2) is 59.4 Å². The molecule has 1 aliphatic heterocycles. The number of halogens is 1. The van der Waals surface area contributed by atoms with Crippen LogP contribution >= 0.6 is 11.6 Å². The first-order valence-corrected chi connectivity index (χ1v) is 14.2. The Morgan fingerprint density at radius 2 is 1.95 bits per heavy atom. The number of aryl methyl sites for hydroxylation is 1. The van der Waals surface area contributed by atoms with Crippen molar-refractivity contribution in [2.75, 3.05) is 37.8 Å². The van der Waals surface area contributed by atoms with Crippen molar-refractivity contribution in [2.24, 2.45) is 0 Å². The van der Waals surface area contributed by atoms with Crippen molar-refractivity contribution in [3.63, 3.8) is 0 Å². The highest BCUT2D eigenvalue weighted by molar-refractivity contribution is 7.92. The summed E-state index contributed by atoms with van der Waals surface area (Å²) in [5, 5.41) is 12.1. The minimum atomic E-state index is -3.91. The van der Waals surface area contributed by atoms with E-state index in [1.165, 1.54) is 31.2 Å². The van der Waals surface area contributed by atoms with Crippen LogP contribution in [0.3, 0.4) is 0 Å². The number of nitrogens with one attached hydrogen (secondary N) is 2. The third-order valence-corrected chi connectivity index (χ3v) is 7.67. The Labute approximate surface area is 230 Å². The van der Waals surface area contributed by atoms with E-state index in [1.807, 2.05) is 6.07 Å². The number of benzene rings is 1. The van der Waals surface area contributed by atoms with E-state index in [1.54, 1.807) is 30.3 Å². The average molecular weight is 571 g/mol. The lowest BCUT2D eigenvalue weighted by Gasteiger charge is -2.18. The highest BCUT2D eigenvalue weighted by Crippen LogP contribution is 2.37. The van der Waals surface area contributed by atoms with E-state index in [4.69, 9.17) is 25.5 Å². The molecule has 11 nitrogen and oxygen atoms in total. The van der Waals surface area contributed by atoms with Gasteiger partial charge in [0, 0.05) is 30.4 Å². The summed E-state index contributed by atoms with van der Waals surface area (Å²) in [5.41, 5.74) is 3.02. The zero-order chi connectivity index (χ0) is 27.4. The molecule has 0 spiro atoms. The standard InChI is InChI=1S/C26H27ClN6O5S/c1-36-21-5-3-6-22(37-2)24(21)33-25(23-7-4-13-38-23)30-31-26(33)32-39(34,35)14-10-20-19(15-18(27)16-29-20)17-8-11-28-12-9-17/h3-8,13,15-16,28H,9-12,14H2,1-2H3,(H,31,32). The van der Waals surface area contributed by atoms with Gasteiger partial charge in [0.15, 0.2) is 5.76 Å². The number of hydrogen-bond donors (Lipinski definition) is 2. The Morgan fingerprint density at radius 1 is 1.15 bits per heavy atom. The van der Waals surface area contributed by atoms with Crippen molar-refractivity contribution in [3.05, 3.63) is 71.2 Å². The number of methoxy groups -OCH3 is 2. The van der Waals surface area contributed by atoms with Gasteiger partial charge in [-0.2, -0.15) is 0 Å². The van der Waals surface area contributed by atoms with E-state index in [-0.39, 0.29) is 23.9 Å². The fraction of sp³-hybridized carbons (Fsp3) is 0.269. The molecule has 1 aliphatic rings. The van der Waals surface area contributed by atoms with Gasteiger partial charge < -0.3 is 19.2 Å². The molecule has 204 valence electrons. The summed E-state index contributed by atoms with van der Waals surface area (Å²) in [6.07, 6.45) is 6.07. The summed E-state index contributed by atoms with van der Waals surface area (Å²) in [4.78, 5) is 4.45. The summed E-state index contributed by atoms with van der Waals surface area (Å²) in [7, 11) is -0.891. The van der Waals surface area contributed by atoms with Gasteiger partial charge in [-0.15, -0.1) is 10.2 Å². The molecule has 3 aromatic heterocycles. The van der Waals surface area contributed by atoms with Gasteiger partial charge in [0.25, 0.3) is 0 Å². The minimum Gasteiger partial charge on any atom is -0.494 e. The lowest BCUT2D eigenvalue weighted by molar-refractivity contribution is 0.391. The van der Waals surface area contributed by atoms with Crippen LogP contribution < -0.4 is 19.5 Å². The quantitative estimate of drug-likeness (QED) is 0.290. The SMILES string of the molecule is COc1cccc(OC)c1-n1c(NS(=O)(=O)CCc2ncc(Cl)cc2C2=CCNCC2)nnc1-c1ccco1. The Bertz CT molecular complexity index is 1580. The van der Waals surface area contributed by atoms with Crippen LogP contribution in [0, 0.1) is 0 Å². The predicted octanol–water partition coefficient (Wildman–Crippen LogP) is 3.95. The summed E-state index contributed by atoms with van der Waals surface area (Å²) in [6.45, 7) is 1.57. The number of aromatic nitrogens is 4. The molecular weight excluding hydrogens is 544 g/mol. The fourth-order valence-corrected chi connectivity index (χ4v) is 5.55. The first-order chi connectivity index (χ1) is 18.9. The van der Waals surface area contributed by atoms with Gasteiger partial charge in [-0.25, -0.2) is 8.42 Å². The Kier molecular flexibility index (Phi) is 7.87. The molecule has 0 atom stereocenters. The Balaban J connectivity index is 1.48. The molecule has 0 aliphatic carbocycles. The Hall–Kier alpha value is -3.87. The number of anilines is 1. The van der Waals surface area contributed by atoms with Crippen molar-refractivity contribution in [1.29, 1.82) is 0 Å². The van der Waals surface area contributed by atoms with Gasteiger partial charge in [-0.1, -0.05) is 23.7 Å². The molecule has 0 saturated carbocycles. The second-order valence-electron chi connectivity index (χ2n) is 8.67. The minimum absolute atomic E-state index is 0.0467. The lowest BCUT2D eigenvalue weighted by atomic mass is 9.98. The van der Waals surface area contributed by atoms with Gasteiger partial charge >= 0.3 is 0 Å². The molecule has 0 amide bonds. The van der Waals surface area contributed by atoms with E-state index in [2.05, 4.69) is 31.3 Å². The molecule has 4 heterocycles. The van der Waals surface area contributed by atoms with E-state index in [0.29, 0.717) is 33.7 Å². The Morgan fingerprint density at radius 3 is 2.62 bits per heavy atom. The molecule has 2 N–H and O–H groups in total. The smallest absolute Gasteiger partial charge is 0.243 e. The lowest BCUT2D eigenvalue weighted by Crippen LogP contribution is -2.22. The van der Waals surface area contributed by atoms with Crippen LogP contribution in [-0.4, -0.2) is 61.2 Å². The van der Waals surface area contributed by atoms with Gasteiger partial charge in [0.05, 0.1) is 31.3 Å². The molecule has 0 unspecified atom stereocenters. The molecule has 0 radical (unpaired) electrons. The number of hydrogen-bond acceptors (Lipinski definition) is 9. The van der Waals surface area contributed by atoms with Crippen LogP contribution in [-0.2, 0) is 16.4 Å². The number of furan rings is 1. The zero-order valence-electron chi connectivity index (χ0n) is 21.3. The molecule has 4 aromatic rings. The molecular formula is C26H27ClN6O5S. The van der Waals surface area contributed by atoms with Crippen molar-refractivity contribution in [2.45, 2.75) is 12.8 Å². The van der Waals surface area contributed by atoms with Crippen LogP contribution in [0.25, 0.3) is 22.8 Å². The topological polar surface area (TPSA) is 133 Å². The fourth-order valence-electron chi connectivity index (χ4n) is 4.41. The third kappa shape index (κ3) is 5.77. The first-order valence-electron chi connectivity index (χ1n) is 12.2. The average Bonchev–Trinajstić information content (AvgIpc) is 3.62. The number of sulfonamides is 1. The van der Waals surface area contributed by atoms with Crippen LogP contribution in [0.1, 0.15) is 17.7 Å². The molecule has 0 fully saturated rings. The van der Waals surface area contributed by atoms with Gasteiger partial charge in [0.1, 0.15) is 17.2 Å². The summed E-state index contributed by atoms with van der Waals surface area (Å²) >= 11 is 6.22. The largest absolute Gasteiger partial charge is 0.494 e. The van der Waals surface area contributed by atoms with Gasteiger partial charge in [-0.3, -0.25) is 14.3 Å². The zero-order valence-corrected chi connectivity index (χ0v) is 22.9. The van der Waals surface area contributed by atoms with Crippen molar-refractivity contribution in [1.82, 2.24) is 25.1 Å². The van der Waals surface area contributed by atoms with E-state index in [9.17, 15) is 8.42 Å². The summed E-state index contributed by atoms with van der Waals surface area (Å²) in [5.74, 6) is 1.20. The monoisotopic (exact) mass is 570 g/mol. The highest BCUT2D eigenvalue weighted by atomic mass is 35.5.